The molecule has 0 radical (unpaired) electrons. The van der Waals surface area contributed by atoms with Crippen molar-refractivity contribution in [2.75, 3.05) is 13.6 Å². The van der Waals surface area contributed by atoms with Crippen LogP contribution in [-0.4, -0.2) is 43.9 Å². The van der Waals surface area contributed by atoms with Crippen LogP contribution in [0, 0.1) is 6.92 Å². The number of sulfonamides is 1. The summed E-state index contributed by atoms with van der Waals surface area (Å²) in [7, 11) is -1.42. The summed E-state index contributed by atoms with van der Waals surface area (Å²) < 4.78 is 27.3. The van der Waals surface area contributed by atoms with Crippen LogP contribution in [0.5, 0.6) is 0 Å². The number of benzene rings is 1. The van der Waals surface area contributed by atoms with Crippen LogP contribution in [0.2, 0.25) is 0 Å². The van der Waals surface area contributed by atoms with Crippen molar-refractivity contribution in [1.82, 2.24) is 19.9 Å². The van der Waals surface area contributed by atoms with E-state index in [1.165, 1.54) is 0 Å². The maximum atomic E-state index is 12.3. The average Bonchev–Trinajstić information content (AvgIpc) is 3.03. The largest absolute Gasteiger partial charge is 0.357 e. The molecule has 0 bridgehead atoms. The van der Waals surface area contributed by atoms with E-state index in [4.69, 9.17) is 4.99 Å². The van der Waals surface area contributed by atoms with E-state index in [1.807, 2.05) is 63.9 Å². The molecular weight excluding hydrogens is 406 g/mol. The third-order valence-electron chi connectivity index (χ3n) is 4.04. The Labute approximate surface area is 178 Å². The number of hydrogen-bond acceptors (Lipinski definition) is 5. The minimum atomic E-state index is -3.39. The fourth-order valence-corrected chi connectivity index (χ4v) is 4.98. The summed E-state index contributed by atoms with van der Waals surface area (Å²) in [6.45, 7) is 9.45. The van der Waals surface area contributed by atoms with Crippen LogP contribution in [0.3, 0.4) is 0 Å². The summed E-state index contributed by atoms with van der Waals surface area (Å²) in [5.41, 5.74) is 2.67. The number of thiazole rings is 1. The Balaban J connectivity index is 2.16. The summed E-state index contributed by atoms with van der Waals surface area (Å²) in [5, 5.41) is 6.39. The van der Waals surface area contributed by atoms with E-state index in [0.29, 0.717) is 13.1 Å². The quantitative estimate of drug-likeness (QED) is 0.465. The Bertz CT molecular complexity index is 922. The normalized spacial score (nSPS) is 12.4. The Kier molecular flexibility index (Phi) is 8.60. The minimum absolute atomic E-state index is 0.0542. The van der Waals surface area contributed by atoms with Gasteiger partial charge in [0.1, 0.15) is 0 Å². The van der Waals surface area contributed by atoms with Crippen LogP contribution in [0.1, 0.15) is 42.6 Å². The fourth-order valence-electron chi connectivity index (χ4n) is 2.89. The van der Waals surface area contributed by atoms with Crippen LogP contribution in [0.25, 0.3) is 0 Å². The van der Waals surface area contributed by atoms with Crippen molar-refractivity contribution in [3.8, 4) is 0 Å². The van der Waals surface area contributed by atoms with Crippen LogP contribution >= 0.6 is 11.3 Å². The molecule has 0 unspecified atom stereocenters. The number of nitrogens with one attached hydrogen (secondary N) is 2. The molecule has 1 aromatic carbocycles. The summed E-state index contributed by atoms with van der Waals surface area (Å²) in [5.74, 6) is 0.706. The third-order valence-corrected chi connectivity index (χ3v) is 6.38. The lowest BCUT2D eigenvalue weighted by molar-refractivity contribution is 0.470. The van der Waals surface area contributed by atoms with Gasteiger partial charge in [0.05, 0.1) is 29.5 Å². The number of aryl methyl sites for hydroxylation is 1. The van der Waals surface area contributed by atoms with Gasteiger partial charge in [-0.15, -0.1) is 11.3 Å². The lowest BCUT2D eigenvalue weighted by Crippen LogP contribution is -2.38. The molecule has 1 heterocycles. The number of guanidine groups is 1. The summed E-state index contributed by atoms with van der Waals surface area (Å²) in [6.07, 6.45) is 0. The van der Waals surface area contributed by atoms with E-state index < -0.39 is 10.0 Å². The van der Waals surface area contributed by atoms with Gasteiger partial charge < -0.3 is 10.2 Å². The highest BCUT2D eigenvalue weighted by atomic mass is 32.2. The molecule has 2 rings (SSSR count). The number of rotatable bonds is 9. The van der Waals surface area contributed by atoms with E-state index in [1.54, 1.807) is 11.3 Å². The van der Waals surface area contributed by atoms with Crippen LogP contribution < -0.4 is 10.0 Å². The first-order valence-electron chi connectivity index (χ1n) is 9.67. The van der Waals surface area contributed by atoms with Crippen molar-refractivity contribution in [3.05, 3.63) is 51.5 Å². The first-order chi connectivity index (χ1) is 13.7. The zero-order chi connectivity index (χ0) is 21.4. The second-order valence-electron chi connectivity index (χ2n) is 7.18. The zero-order valence-corrected chi connectivity index (χ0v) is 19.4. The van der Waals surface area contributed by atoms with E-state index in [-0.39, 0.29) is 11.8 Å². The van der Waals surface area contributed by atoms with Gasteiger partial charge in [-0.1, -0.05) is 24.3 Å². The summed E-state index contributed by atoms with van der Waals surface area (Å²) in [4.78, 5) is 11.3. The highest BCUT2D eigenvalue weighted by Crippen LogP contribution is 2.15. The molecule has 0 aliphatic heterocycles. The monoisotopic (exact) mass is 437 g/mol. The lowest BCUT2D eigenvalue weighted by atomic mass is 10.1. The van der Waals surface area contributed by atoms with Gasteiger partial charge in [0.2, 0.25) is 10.0 Å². The first-order valence-corrected chi connectivity index (χ1v) is 12.2. The Morgan fingerprint density at radius 2 is 1.97 bits per heavy atom. The lowest BCUT2D eigenvalue weighted by Gasteiger charge is -2.21. The molecule has 2 N–H and O–H groups in total. The van der Waals surface area contributed by atoms with Crippen LogP contribution in [0.4, 0.5) is 0 Å². The molecule has 1 aromatic heterocycles. The Hall–Kier alpha value is -1.97. The Morgan fingerprint density at radius 3 is 2.55 bits per heavy atom. The number of aliphatic imine (C=N–C) groups is 1. The van der Waals surface area contributed by atoms with Gasteiger partial charge in [-0.25, -0.2) is 23.1 Å². The van der Waals surface area contributed by atoms with Gasteiger partial charge in [0, 0.05) is 25.0 Å². The highest BCUT2D eigenvalue weighted by Gasteiger charge is 2.15. The molecule has 0 saturated carbocycles. The maximum absolute atomic E-state index is 12.3. The number of aromatic nitrogens is 1. The van der Waals surface area contributed by atoms with Crippen molar-refractivity contribution < 1.29 is 8.42 Å². The second-order valence-corrected chi connectivity index (χ2v) is 10.0. The standard InChI is InChI=1S/C20H31N5O2S2/c1-6-21-20(25(5)12-19-13-28-16(4)23-19)22-11-17-9-7-8-10-18(17)14-29(26,27)24-15(2)3/h7-10,13,15,24H,6,11-12,14H2,1-5H3,(H,21,22). The van der Waals surface area contributed by atoms with Gasteiger partial charge in [0.25, 0.3) is 0 Å². The van der Waals surface area contributed by atoms with Crippen molar-refractivity contribution in [2.45, 2.75) is 52.6 Å². The molecule has 0 amide bonds. The molecule has 29 heavy (non-hydrogen) atoms. The van der Waals surface area contributed by atoms with Crippen molar-refractivity contribution >= 4 is 27.3 Å². The fraction of sp³-hybridized carbons (Fsp3) is 0.500. The van der Waals surface area contributed by atoms with Gasteiger partial charge in [-0.2, -0.15) is 0 Å². The average molecular weight is 438 g/mol. The minimum Gasteiger partial charge on any atom is -0.357 e. The molecule has 2 aromatic rings. The zero-order valence-electron chi connectivity index (χ0n) is 17.8. The molecule has 7 nitrogen and oxygen atoms in total. The topological polar surface area (TPSA) is 86.7 Å². The van der Waals surface area contributed by atoms with Crippen LogP contribution in [-0.2, 0) is 28.9 Å². The van der Waals surface area contributed by atoms with Gasteiger partial charge >= 0.3 is 0 Å². The van der Waals surface area contributed by atoms with E-state index in [2.05, 4.69) is 20.4 Å². The van der Waals surface area contributed by atoms with Crippen molar-refractivity contribution in [3.63, 3.8) is 0 Å². The summed E-state index contributed by atoms with van der Waals surface area (Å²) in [6, 6.07) is 7.41. The van der Waals surface area contributed by atoms with E-state index in [0.717, 1.165) is 34.3 Å². The van der Waals surface area contributed by atoms with Crippen molar-refractivity contribution in [2.24, 2.45) is 4.99 Å². The summed E-state index contributed by atoms with van der Waals surface area (Å²) >= 11 is 1.63. The van der Waals surface area contributed by atoms with Gasteiger partial charge in [0.15, 0.2) is 5.96 Å². The number of nitrogens with zero attached hydrogens (tertiary/aromatic N) is 3. The molecular formula is C20H31N5O2S2. The molecule has 160 valence electrons. The maximum Gasteiger partial charge on any atom is 0.216 e. The Morgan fingerprint density at radius 1 is 1.28 bits per heavy atom. The van der Waals surface area contributed by atoms with E-state index >= 15 is 0 Å². The SMILES string of the molecule is CCNC(=NCc1ccccc1CS(=O)(=O)NC(C)C)N(C)Cc1csc(C)n1. The smallest absolute Gasteiger partial charge is 0.216 e. The predicted molar refractivity (Wildman–Crippen MR) is 120 cm³/mol. The molecule has 0 aliphatic carbocycles. The molecule has 0 spiro atoms. The molecule has 9 heteroatoms. The van der Waals surface area contributed by atoms with Crippen molar-refractivity contribution in [1.29, 1.82) is 0 Å². The predicted octanol–water partition coefficient (Wildman–Crippen LogP) is 2.88. The third kappa shape index (κ3) is 7.75. The highest BCUT2D eigenvalue weighted by molar-refractivity contribution is 7.88. The molecule has 0 saturated heterocycles. The number of hydrogen-bond donors (Lipinski definition) is 2. The van der Waals surface area contributed by atoms with Gasteiger partial charge in [-0.05, 0) is 38.8 Å². The van der Waals surface area contributed by atoms with Crippen LogP contribution in [0.15, 0.2) is 34.6 Å². The molecule has 0 fully saturated rings. The second kappa shape index (κ2) is 10.7. The van der Waals surface area contributed by atoms with Gasteiger partial charge in [-0.3, -0.25) is 0 Å². The van der Waals surface area contributed by atoms with E-state index in [9.17, 15) is 8.42 Å². The molecule has 0 atom stereocenters. The molecule has 0 aliphatic rings. The first kappa shape index (κ1) is 23.3.